The second-order valence-electron chi connectivity index (χ2n) is 13.1. The van der Waals surface area contributed by atoms with E-state index in [9.17, 15) is 9.59 Å². The standard InChI is InChI=1S/C29H44N6O3/c36-26(33-25-21-12-20-13-22-14-24(25)29(22,15-20)16-21)23-17-32-35(27(23)38-18-19-4-2-1-3-5-19)11-8-31-28(37)34-9-6-30-7-10-34/h17,19-22,24-25,30H,1-16,18H2,(H,31,37)(H,33,36). The van der Waals surface area contributed by atoms with E-state index in [4.69, 9.17) is 4.74 Å². The Bertz CT molecular complexity index is 1050. The van der Waals surface area contributed by atoms with Crippen molar-refractivity contribution in [3.8, 4) is 5.88 Å². The topological polar surface area (TPSA) is 101 Å². The van der Waals surface area contributed by atoms with Crippen LogP contribution in [0.15, 0.2) is 6.20 Å². The number of aromatic nitrogens is 2. The molecule has 3 N–H and O–H groups in total. The van der Waals surface area contributed by atoms with Crippen molar-refractivity contribution in [2.24, 2.45) is 35.0 Å². The lowest BCUT2D eigenvalue weighted by atomic mass is 9.55. The summed E-state index contributed by atoms with van der Waals surface area (Å²) in [5, 5.41) is 14.4. The van der Waals surface area contributed by atoms with Crippen LogP contribution in [0.4, 0.5) is 4.79 Å². The van der Waals surface area contributed by atoms with Gasteiger partial charge in [-0.25, -0.2) is 9.48 Å². The number of rotatable bonds is 8. The van der Waals surface area contributed by atoms with E-state index < -0.39 is 0 Å². The molecule has 3 bridgehead atoms. The Morgan fingerprint density at radius 2 is 1.95 bits per heavy atom. The third-order valence-corrected chi connectivity index (χ3v) is 11.1. The Morgan fingerprint density at radius 3 is 2.79 bits per heavy atom. The van der Waals surface area contributed by atoms with Crippen molar-refractivity contribution in [3.05, 3.63) is 11.8 Å². The van der Waals surface area contributed by atoms with Crippen LogP contribution >= 0.6 is 0 Å². The first-order valence-electron chi connectivity index (χ1n) is 15.3. The third kappa shape index (κ3) is 4.29. The van der Waals surface area contributed by atoms with Crippen LogP contribution in [-0.2, 0) is 6.54 Å². The first-order chi connectivity index (χ1) is 18.6. The molecule has 6 aliphatic rings. The minimum absolute atomic E-state index is 0.0342. The molecule has 9 nitrogen and oxygen atoms in total. The summed E-state index contributed by atoms with van der Waals surface area (Å²) in [6.07, 6.45) is 14.6. The summed E-state index contributed by atoms with van der Waals surface area (Å²) in [7, 11) is 0. The molecule has 7 rings (SSSR count). The van der Waals surface area contributed by atoms with Gasteiger partial charge in [-0.15, -0.1) is 0 Å². The molecule has 0 radical (unpaired) electrons. The molecule has 2 heterocycles. The van der Waals surface area contributed by atoms with Gasteiger partial charge in [0.2, 0.25) is 5.88 Å². The molecule has 5 saturated carbocycles. The maximum atomic E-state index is 13.7. The molecule has 0 aromatic carbocycles. The molecule has 1 saturated heterocycles. The van der Waals surface area contributed by atoms with E-state index >= 15 is 0 Å². The molecule has 208 valence electrons. The fourth-order valence-corrected chi connectivity index (χ4v) is 9.37. The number of piperazine rings is 1. The molecule has 9 heteroatoms. The van der Waals surface area contributed by atoms with Crippen LogP contribution < -0.4 is 20.7 Å². The summed E-state index contributed by atoms with van der Waals surface area (Å²) < 4.78 is 8.17. The van der Waals surface area contributed by atoms with Crippen LogP contribution in [0.2, 0.25) is 0 Å². The Hall–Kier alpha value is -2.29. The van der Waals surface area contributed by atoms with Crippen molar-refractivity contribution < 1.29 is 14.3 Å². The highest BCUT2D eigenvalue weighted by Gasteiger charge is 2.70. The molecule has 1 aromatic rings. The quantitative estimate of drug-likeness (QED) is 0.486. The maximum absolute atomic E-state index is 13.7. The average Bonchev–Trinajstić information content (AvgIpc) is 3.49. The van der Waals surface area contributed by atoms with E-state index in [1.165, 1.54) is 64.2 Å². The van der Waals surface area contributed by atoms with E-state index in [2.05, 4.69) is 21.0 Å². The van der Waals surface area contributed by atoms with Gasteiger partial charge in [-0.05, 0) is 80.0 Å². The second kappa shape index (κ2) is 10.0. The first-order valence-corrected chi connectivity index (χ1v) is 15.3. The number of carbonyl (C=O) groups excluding carboxylic acids is 2. The minimum Gasteiger partial charge on any atom is -0.477 e. The zero-order valence-corrected chi connectivity index (χ0v) is 22.6. The maximum Gasteiger partial charge on any atom is 0.317 e. The number of amides is 3. The number of nitrogens with one attached hydrogen (secondary N) is 3. The molecular formula is C29H44N6O3. The van der Waals surface area contributed by atoms with Crippen LogP contribution in [0.25, 0.3) is 0 Å². The number of ether oxygens (including phenoxy) is 1. The third-order valence-electron chi connectivity index (χ3n) is 11.1. The van der Waals surface area contributed by atoms with Gasteiger partial charge in [-0.3, -0.25) is 4.79 Å². The fraction of sp³-hybridized carbons (Fsp3) is 0.828. The van der Waals surface area contributed by atoms with Crippen LogP contribution in [0.1, 0.15) is 74.6 Å². The Kier molecular flexibility index (Phi) is 6.53. The van der Waals surface area contributed by atoms with Crippen molar-refractivity contribution in [2.75, 3.05) is 39.3 Å². The van der Waals surface area contributed by atoms with Crippen molar-refractivity contribution in [1.82, 2.24) is 30.6 Å². The van der Waals surface area contributed by atoms with Gasteiger partial charge in [-0.1, -0.05) is 19.3 Å². The van der Waals surface area contributed by atoms with Gasteiger partial charge < -0.3 is 25.6 Å². The largest absolute Gasteiger partial charge is 0.477 e. The van der Waals surface area contributed by atoms with Crippen LogP contribution in [-0.4, -0.2) is 72.0 Å². The van der Waals surface area contributed by atoms with E-state index in [-0.39, 0.29) is 11.9 Å². The lowest BCUT2D eigenvalue weighted by molar-refractivity contribution is -0.00895. The summed E-state index contributed by atoms with van der Waals surface area (Å²) >= 11 is 0. The van der Waals surface area contributed by atoms with Crippen molar-refractivity contribution in [2.45, 2.75) is 76.8 Å². The highest BCUT2D eigenvalue weighted by molar-refractivity contribution is 5.96. The molecule has 6 unspecified atom stereocenters. The predicted molar refractivity (Wildman–Crippen MR) is 143 cm³/mol. The zero-order valence-electron chi connectivity index (χ0n) is 22.6. The molecule has 1 spiro atoms. The molecule has 38 heavy (non-hydrogen) atoms. The summed E-state index contributed by atoms with van der Waals surface area (Å²) in [6, 6.07) is 0.262. The van der Waals surface area contributed by atoms with Crippen LogP contribution in [0.3, 0.4) is 0 Å². The molecule has 1 aliphatic heterocycles. The first kappa shape index (κ1) is 24.7. The van der Waals surface area contributed by atoms with Crippen molar-refractivity contribution >= 4 is 11.9 Å². The molecule has 5 aliphatic carbocycles. The number of fused-ring (bicyclic) bond motifs is 2. The highest BCUT2D eigenvalue weighted by Crippen LogP contribution is 2.75. The average molecular weight is 525 g/mol. The number of hydrogen-bond acceptors (Lipinski definition) is 5. The summed E-state index contributed by atoms with van der Waals surface area (Å²) in [6.45, 7) is 4.65. The molecule has 1 aromatic heterocycles. The van der Waals surface area contributed by atoms with Gasteiger partial charge >= 0.3 is 6.03 Å². The van der Waals surface area contributed by atoms with Gasteiger partial charge in [0.15, 0.2) is 0 Å². The Balaban J connectivity index is 1.03. The minimum atomic E-state index is -0.0406. The molecule has 3 amide bonds. The van der Waals surface area contributed by atoms with Gasteiger partial charge in [0, 0.05) is 38.8 Å². The Labute approximate surface area is 225 Å². The SMILES string of the molecule is O=C(NC1C2CC3CC4CC1C4(C3)C2)c1cnn(CCNC(=O)N2CCNCC2)c1OCC1CCCCC1. The number of carbonyl (C=O) groups is 2. The second-order valence-corrected chi connectivity index (χ2v) is 13.1. The lowest BCUT2D eigenvalue weighted by Crippen LogP contribution is -2.51. The van der Waals surface area contributed by atoms with Crippen molar-refractivity contribution in [3.63, 3.8) is 0 Å². The number of nitrogens with zero attached hydrogens (tertiary/aromatic N) is 3. The normalized spacial score (nSPS) is 35.6. The smallest absolute Gasteiger partial charge is 0.317 e. The van der Waals surface area contributed by atoms with Crippen molar-refractivity contribution in [1.29, 1.82) is 0 Å². The number of urea groups is 1. The summed E-state index contributed by atoms with van der Waals surface area (Å²) in [5.41, 5.74) is 1.09. The van der Waals surface area contributed by atoms with E-state index in [1.54, 1.807) is 10.9 Å². The van der Waals surface area contributed by atoms with Gasteiger partial charge in [-0.2, -0.15) is 5.10 Å². The van der Waals surface area contributed by atoms with Crippen LogP contribution in [0.5, 0.6) is 5.88 Å². The van der Waals surface area contributed by atoms with Gasteiger partial charge in [0.25, 0.3) is 5.91 Å². The molecular weight excluding hydrogens is 480 g/mol. The lowest BCUT2D eigenvalue weighted by Gasteiger charge is -2.50. The van der Waals surface area contributed by atoms with Gasteiger partial charge in [0.05, 0.1) is 19.3 Å². The van der Waals surface area contributed by atoms with E-state index in [0.717, 1.165) is 38.0 Å². The molecule has 6 fully saturated rings. The monoisotopic (exact) mass is 524 g/mol. The summed E-state index contributed by atoms with van der Waals surface area (Å²) in [4.78, 5) is 28.1. The predicted octanol–water partition coefficient (Wildman–Crippen LogP) is 3.01. The highest BCUT2D eigenvalue weighted by atomic mass is 16.5. The number of hydrogen-bond donors (Lipinski definition) is 3. The van der Waals surface area contributed by atoms with E-state index in [1.807, 2.05) is 4.90 Å². The summed E-state index contributed by atoms with van der Waals surface area (Å²) in [5.74, 6) is 4.17. The van der Waals surface area contributed by atoms with Crippen LogP contribution in [0, 0.1) is 35.0 Å². The van der Waals surface area contributed by atoms with E-state index in [0.29, 0.717) is 60.4 Å². The zero-order chi connectivity index (χ0) is 25.7. The van der Waals surface area contributed by atoms with Gasteiger partial charge in [0.1, 0.15) is 5.56 Å². The molecule has 6 atom stereocenters. The Morgan fingerprint density at radius 1 is 1.11 bits per heavy atom. The fourth-order valence-electron chi connectivity index (χ4n) is 9.37.